The van der Waals surface area contributed by atoms with Gasteiger partial charge in [-0.15, -0.1) is 0 Å². The fraction of sp³-hybridized carbons (Fsp3) is 0.591. The van der Waals surface area contributed by atoms with Gasteiger partial charge in [0.25, 0.3) is 5.56 Å². The number of halogens is 3. The van der Waals surface area contributed by atoms with Crippen LogP contribution in [0, 0.1) is 0 Å². The zero-order chi connectivity index (χ0) is 22.0. The van der Waals surface area contributed by atoms with Crippen molar-refractivity contribution in [2.75, 3.05) is 26.2 Å². The molecule has 0 N–H and O–H groups in total. The monoisotopic (exact) mass is 436 g/mol. The van der Waals surface area contributed by atoms with Gasteiger partial charge in [0.2, 0.25) is 5.91 Å². The summed E-state index contributed by atoms with van der Waals surface area (Å²) in [6.07, 6.45) is 0.410. The van der Waals surface area contributed by atoms with Crippen LogP contribution in [0.5, 0.6) is 0 Å². The van der Waals surface area contributed by atoms with Gasteiger partial charge in [0.15, 0.2) is 0 Å². The van der Waals surface area contributed by atoms with Crippen LogP contribution < -0.4 is 5.56 Å². The average Bonchev–Trinajstić information content (AvgIpc) is 3.09. The predicted octanol–water partition coefficient (Wildman–Crippen LogP) is 3.50. The Kier molecular flexibility index (Phi) is 6.31. The van der Waals surface area contributed by atoms with E-state index in [4.69, 9.17) is 0 Å². The van der Waals surface area contributed by atoms with Gasteiger partial charge in [-0.05, 0) is 44.4 Å². The number of para-hydroxylation sites is 1. The third kappa shape index (κ3) is 4.92. The number of aromatic nitrogens is 2. The summed E-state index contributed by atoms with van der Waals surface area (Å²) in [7, 11) is 0. The summed E-state index contributed by atoms with van der Waals surface area (Å²) in [4.78, 5) is 33.7. The second kappa shape index (κ2) is 8.98. The molecule has 0 saturated carbocycles. The molecule has 0 aliphatic carbocycles. The van der Waals surface area contributed by atoms with Gasteiger partial charge < -0.3 is 4.90 Å². The number of carbonyl (C=O) groups is 1. The molecular weight excluding hydrogens is 409 g/mol. The first kappa shape index (κ1) is 21.8. The van der Waals surface area contributed by atoms with Gasteiger partial charge in [-0.25, -0.2) is 4.98 Å². The van der Waals surface area contributed by atoms with Gasteiger partial charge >= 0.3 is 6.18 Å². The molecule has 2 saturated heterocycles. The molecule has 0 spiro atoms. The van der Waals surface area contributed by atoms with Gasteiger partial charge in [-0.3, -0.25) is 19.1 Å². The molecule has 1 aromatic carbocycles. The molecule has 2 aromatic rings. The minimum absolute atomic E-state index is 0.144. The summed E-state index contributed by atoms with van der Waals surface area (Å²) in [5.41, 5.74) is -0.247. The molecule has 4 rings (SSSR count). The predicted molar refractivity (Wildman–Crippen MR) is 111 cm³/mol. The Morgan fingerprint density at radius 1 is 1.00 bits per heavy atom. The molecule has 2 aliphatic heterocycles. The number of carbonyl (C=O) groups excluding carboxylic acids is 1. The Balaban J connectivity index is 1.63. The fourth-order valence-corrected chi connectivity index (χ4v) is 4.68. The van der Waals surface area contributed by atoms with Crippen LogP contribution >= 0.6 is 0 Å². The SMILES string of the molecule is O=C1CCCCCN1CCN1CCCC1c1nc2ccccc2c(=O)n1CC(F)(F)F. The van der Waals surface area contributed by atoms with Crippen molar-refractivity contribution in [1.29, 1.82) is 0 Å². The van der Waals surface area contributed by atoms with Gasteiger partial charge in [0.05, 0.1) is 16.9 Å². The highest BCUT2D eigenvalue weighted by molar-refractivity contribution is 5.77. The lowest BCUT2D eigenvalue weighted by molar-refractivity contribution is -0.142. The normalized spacial score (nSPS) is 21.1. The van der Waals surface area contributed by atoms with E-state index in [1.807, 2.05) is 4.90 Å². The largest absolute Gasteiger partial charge is 0.406 e. The number of hydrogen-bond acceptors (Lipinski definition) is 4. The lowest BCUT2D eigenvalue weighted by Gasteiger charge is -2.29. The first-order chi connectivity index (χ1) is 14.8. The van der Waals surface area contributed by atoms with Crippen LogP contribution in [0.2, 0.25) is 0 Å². The summed E-state index contributed by atoms with van der Waals surface area (Å²) in [6, 6.07) is 6.15. The lowest BCUT2D eigenvalue weighted by atomic mass is 10.1. The Morgan fingerprint density at radius 3 is 2.61 bits per heavy atom. The van der Waals surface area contributed by atoms with Crippen molar-refractivity contribution in [3.63, 3.8) is 0 Å². The van der Waals surface area contributed by atoms with E-state index in [2.05, 4.69) is 9.88 Å². The van der Waals surface area contributed by atoms with Crippen molar-refractivity contribution >= 4 is 16.8 Å². The van der Waals surface area contributed by atoms with Crippen LogP contribution in [-0.2, 0) is 11.3 Å². The van der Waals surface area contributed by atoms with Gasteiger partial charge in [-0.1, -0.05) is 18.6 Å². The first-order valence-electron chi connectivity index (χ1n) is 10.9. The molecule has 2 aliphatic rings. The van der Waals surface area contributed by atoms with Crippen LogP contribution in [0.4, 0.5) is 13.2 Å². The van der Waals surface area contributed by atoms with E-state index in [0.29, 0.717) is 38.0 Å². The van der Waals surface area contributed by atoms with Crippen molar-refractivity contribution in [3.8, 4) is 0 Å². The van der Waals surface area contributed by atoms with Crippen molar-refractivity contribution in [2.45, 2.75) is 57.3 Å². The number of benzene rings is 1. The minimum Gasteiger partial charge on any atom is -0.341 e. The average molecular weight is 436 g/mol. The topological polar surface area (TPSA) is 58.4 Å². The number of likely N-dealkylation sites (tertiary alicyclic amines) is 2. The highest BCUT2D eigenvalue weighted by atomic mass is 19.4. The third-order valence-corrected chi connectivity index (χ3v) is 6.22. The van der Waals surface area contributed by atoms with Crippen molar-refractivity contribution in [1.82, 2.24) is 19.4 Å². The fourth-order valence-electron chi connectivity index (χ4n) is 4.68. The molecule has 3 heterocycles. The minimum atomic E-state index is -4.52. The van der Waals surface area contributed by atoms with Gasteiger partial charge in [-0.2, -0.15) is 13.2 Å². The van der Waals surface area contributed by atoms with Crippen molar-refractivity contribution < 1.29 is 18.0 Å². The van der Waals surface area contributed by atoms with Crippen molar-refractivity contribution in [3.05, 3.63) is 40.4 Å². The zero-order valence-corrected chi connectivity index (χ0v) is 17.4. The second-order valence-electron chi connectivity index (χ2n) is 8.38. The Morgan fingerprint density at radius 2 is 1.81 bits per heavy atom. The molecule has 168 valence electrons. The number of amides is 1. The molecule has 6 nitrogen and oxygen atoms in total. The third-order valence-electron chi connectivity index (χ3n) is 6.22. The molecule has 0 radical (unpaired) electrons. The van der Waals surface area contributed by atoms with E-state index >= 15 is 0 Å². The Bertz CT molecular complexity index is 1000. The molecule has 31 heavy (non-hydrogen) atoms. The summed E-state index contributed by atoms with van der Waals surface area (Å²) in [6.45, 7) is 1.19. The summed E-state index contributed by atoms with van der Waals surface area (Å²) in [5.74, 6) is 0.312. The van der Waals surface area contributed by atoms with Crippen LogP contribution in [0.3, 0.4) is 0 Å². The summed E-state index contributed by atoms with van der Waals surface area (Å²) >= 11 is 0. The van der Waals surface area contributed by atoms with Crippen LogP contribution in [0.25, 0.3) is 10.9 Å². The van der Waals surface area contributed by atoms with E-state index in [1.165, 1.54) is 6.07 Å². The molecule has 9 heteroatoms. The maximum atomic E-state index is 13.3. The standard InChI is InChI=1S/C22H27F3N4O2/c23-22(24,25)15-29-20(26-17-8-4-3-7-16(17)21(29)31)18-9-6-12-27(18)13-14-28-11-5-1-2-10-19(28)30/h3-4,7-8,18H,1-2,5-6,9-15H2. The smallest absolute Gasteiger partial charge is 0.341 e. The number of rotatable bonds is 5. The summed E-state index contributed by atoms with van der Waals surface area (Å²) in [5, 5.41) is 0.190. The molecule has 1 aromatic heterocycles. The highest BCUT2D eigenvalue weighted by Crippen LogP contribution is 2.32. The number of nitrogens with zero attached hydrogens (tertiary/aromatic N) is 4. The zero-order valence-electron chi connectivity index (χ0n) is 17.4. The molecule has 2 fully saturated rings. The van der Waals surface area contributed by atoms with E-state index in [-0.39, 0.29) is 23.2 Å². The molecule has 0 bridgehead atoms. The van der Waals surface area contributed by atoms with Gasteiger partial charge in [0, 0.05) is 26.1 Å². The summed E-state index contributed by atoms with van der Waals surface area (Å²) < 4.78 is 40.7. The maximum absolute atomic E-state index is 13.3. The Labute approximate surface area is 178 Å². The maximum Gasteiger partial charge on any atom is 0.406 e. The quantitative estimate of drug-likeness (QED) is 0.720. The number of alkyl halides is 3. The van der Waals surface area contributed by atoms with Crippen LogP contribution in [0.15, 0.2) is 29.1 Å². The number of hydrogen-bond donors (Lipinski definition) is 0. The van der Waals surface area contributed by atoms with Crippen LogP contribution in [-0.4, -0.2) is 57.6 Å². The van der Waals surface area contributed by atoms with Crippen molar-refractivity contribution in [2.24, 2.45) is 0 Å². The first-order valence-corrected chi connectivity index (χ1v) is 10.9. The molecule has 1 unspecified atom stereocenters. The van der Waals surface area contributed by atoms with Gasteiger partial charge in [0.1, 0.15) is 12.4 Å². The van der Waals surface area contributed by atoms with E-state index < -0.39 is 18.3 Å². The van der Waals surface area contributed by atoms with E-state index in [9.17, 15) is 22.8 Å². The van der Waals surface area contributed by atoms with Crippen LogP contribution in [0.1, 0.15) is 50.4 Å². The Hall–Kier alpha value is -2.42. The van der Waals surface area contributed by atoms with E-state index in [0.717, 1.165) is 36.8 Å². The van der Waals surface area contributed by atoms with E-state index in [1.54, 1.807) is 18.2 Å². The highest BCUT2D eigenvalue weighted by Gasteiger charge is 2.35. The molecule has 1 atom stereocenters. The number of fused-ring (bicyclic) bond motifs is 1. The second-order valence-corrected chi connectivity index (χ2v) is 8.38. The lowest BCUT2D eigenvalue weighted by Crippen LogP contribution is -2.40. The molecule has 1 amide bonds. The molecular formula is C22H27F3N4O2.